The lowest BCUT2D eigenvalue weighted by Crippen LogP contribution is -2.36. The third kappa shape index (κ3) is 4.41. The molecule has 2 aromatic carbocycles. The number of carbonyl (C=O) groups is 2. The van der Waals surface area contributed by atoms with Crippen LogP contribution < -0.4 is 5.43 Å². The van der Waals surface area contributed by atoms with Gasteiger partial charge in [0.1, 0.15) is 12.1 Å². The predicted octanol–water partition coefficient (Wildman–Crippen LogP) is 3.00. The van der Waals surface area contributed by atoms with Crippen LogP contribution >= 0.6 is 0 Å². The minimum absolute atomic E-state index is 0.112. The molecule has 0 aliphatic carbocycles. The van der Waals surface area contributed by atoms with E-state index in [1.54, 1.807) is 31.2 Å². The lowest BCUT2D eigenvalue weighted by atomic mass is 10.2. The van der Waals surface area contributed by atoms with Crippen molar-refractivity contribution in [3.63, 3.8) is 0 Å². The Morgan fingerprint density at radius 3 is 2.48 bits per heavy atom. The number of benzene rings is 2. The number of fused-ring (bicyclic) bond motifs is 1. The molecular formula is C21H19NO5. The van der Waals surface area contributed by atoms with Crippen LogP contribution in [0.1, 0.15) is 23.0 Å². The van der Waals surface area contributed by atoms with Gasteiger partial charge in [0, 0.05) is 12.6 Å². The number of hydrogen-bond donors (Lipinski definition) is 0. The zero-order valence-corrected chi connectivity index (χ0v) is 14.9. The molecule has 1 aromatic heterocycles. The molecule has 6 heteroatoms. The Morgan fingerprint density at radius 1 is 1.04 bits per heavy atom. The Morgan fingerprint density at radius 2 is 1.74 bits per heavy atom. The van der Waals surface area contributed by atoms with E-state index in [0.717, 1.165) is 11.6 Å². The van der Waals surface area contributed by atoms with Crippen molar-refractivity contribution in [2.45, 2.75) is 13.5 Å². The lowest BCUT2D eigenvalue weighted by Gasteiger charge is -2.21. The molecular weight excluding hydrogens is 346 g/mol. The highest BCUT2D eigenvalue weighted by Gasteiger charge is 2.23. The van der Waals surface area contributed by atoms with Crippen molar-refractivity contribution in [1.29, 1.82) is 0 Å². The van der Waals surface area contributed by atoms with Crippen molar-refractivity contribution in [2.75, 3.05) is 13.2 Å². The number of amides is 1. The van der Waals surface area contributed by atoms with E-state index < -0.39 is 11.9 Å². The highest BCUT2D eigenvalue weighted by molar-refractivity contribution is 5.95. The van der Waals surface area contributed by atoms with Gasteiger partial charge in [-0.2, -0.15) is 0 Å². The fraction of sp³-hybridized carbons (Fsp3) is 0.190. The molecule has 27 heavy (non-hydrogen) atoms. The third-order valence-electron chi connectivity index (χ3n) is 3.97. The van der Waals surface area contributed by atoms with Crippen molar-refractivity contribution in [2.24, 2.45) is 0 Å². The number of carbonyl (C=O) groups excluding carboxylic acids is 2. The van der Waals surface area contributed by atoms with Gasteiger partial charge in [0.05, 0.1) is 12.0 Å². The molecule has 1 amide bonds. The first-order chi connectivity index (χ1) is 13.1. The summed E-state index contributed by atoms with van der Waals surface area (Å²) in [6.45, 7) is 1.87. The van der Waals surface area contributed by atoms with Gasteiger partial charge < -0.3 is 14.1 Å². The minimum Gasteiger partial charge on any atom is -0.465 e. The van der Waals surface area contributed by atoms with E-state index in [9.17, 15) is 14.4 Å². The summed E-state index contributed by atoms with van der Waals surface area (Å²) >= 11 is 0. The molecule has 0 bridgehead atoms. The van der Waals surface area contributed by atoms with Crippen LogP contribution in [0.5, 0.6) is 0 Å². The number of esters is 1. The zero-order chi connectivity index (χ0) is 19.2. The standard InChI is InChI=1S/C21H19NO5/c1-2-26-20(24)14-22(13-15-8-4-3-5-9-15)21(25)19-12-17(23)16-10-6-7-11-18(16)27-19/h3-12H,2,13-14H2,1H3. The van der Waals surface area contributed by atoms with Gasteiger partial charge in [-0.05, 0) is 24.6 Å². The smallest absolute Gasteiger partial charge is 0.325 e. The number of nitrogens with zero attached hydrogens (tertiary/aromatic N) is 1. The Hall–Kier alpha value is -3.41. The summed E-state index contributed by atoms with van der Waals surface area (Å²) in [5.41, 5.74) is 0.860. The normalized spacial score (nSPS) is 10.6. The molecule has 0 N–H and O–H groups in total. The van der Waals surface area contributed by atoms with Crippen molar-refractivity contribution >= 4 is 22.8 Å². The Balaban J connectivity index is 1.94. The highest BCUT2D eigenvalue weighted by atomic mass is 16.5. The molecule has 0 saturated heterocycles. The van der Waals surface area contributed by atoms with E-state index in [2.05, 4.69) is 0 Å². The molecule has 0 spiro atoms. The Labute approximate surface area is 156 Å². The van der Waals surface area contributed by atoms with E-state index in [-0.39, 0.29) is 30.9 Å². The number of para-hydroxylation sites is 1. The Kier molecular flexibility index (Phi) is 5.66. The van der Waals surface area contributed by atoms with Gasteiger partial charge >= 0.3 is 5.97 Å². The summed E-state index contributed by atoms with van der Waals surface area (Å²) in [7, 11) is 0. The lowest BCUT2D eigenvalue weighted by molar-refractivity contribution is -0.143. The summed E-state index contributed by atoms with van der Waals surface area (Å²) in [5.74, 6) is -1.18. The topological polar surface area (TPSA) is 76.8 Å². The van der Waals surface area contributed by atoms with Crippen LogP contribution in [-0.2, 0) is 16.1 Å². The molecule has 6 nitrogen and oxygen atoms in total. The average molecular weight is 365 g/mol. The maximum atomic E-state index is 13.0. The van der Waals surface area contributed by atoms with Crippen molar-refractivity contribution in [1.82, 2.24) is 4.90 Å². The summed E-state index contributed by atoms with van der Waals surface area (Å²) < 4.78 is 10.6. The number of hydrogen-bond acceptors (Lipinski definition) is 5. The SMILES string of the molecule is CCOC(=O)CN(Cc1ccccc1)C(=O)c1cc(=O)c2ccccc2o1. The van der Waals surface area contributed by atoms with E-state index in [1.165, 1.54) is 4.90 Å². The van der Waals surface area contributed by atoms with Crippen LogP contribution in [0.25, 0.3) is 11.0 Å². The fourth-order valence-corrected chi connectivity index (χ4v) is 2.73. The second kappa shape index (κ2) is 8.31. The maximum Gasteiger partial charge on any atom is 0.325 e. The molecule has 3 aromatic rings. The van der Waals surface area contributed by atoms with Gasteiger partial charge in [-0.1, -0.05) is 42.5 Å². The predicted molar refractivity (Wildman–Crippen MR) is 100 cm³/mol. The Bertz CT molecular complexity index is 1010. The molecule has 0 saturated carbocycles. The average Bonchev–Trinajstić information content (AvgIpc) is 2.68. The number of ether oxygens (including phenoxy) is 1. The van der Waals surface area contributed by atoms with E-state index >= 15 is 0 Å². The third-order valence-corrected chi connectivity index (χ3v) is 3.97. The van der Waals surface area contributed by atoms with Gasteiger partial charge in [-0.25, -0.2) is 0 Å². The first kappa shape index (κ1) is 18.4. The number of rotatable bonds is 6. The molecule has 0 atom stereocenters. The molecule has 3 rings (SSSR count). The summed E-state index contributed by atoms with van der Waals surface area (Å²) in [6.07, 6.45) is 0. The summed E-state index contributed by atoms with van der Waals surface area (Å²) in [6, 6.07) is 17.1. The van der Waals surface area contributed by atoms with Gasteiger partial charge in [-0.3, -0.25) is 14.4 Å². The van der Waals surface area contributed by atoms with Gasteiger partial charge in [-0.15, -0.1) is 0 Å². The van der Waals surface area contributed by atoms with Crippen LogP contribution in [0.3, 0.4) is 0 Å². The highest BCUT2D eigenvalue weighted by Crippen LogP contribution is 2.15. The van der Waals surface area contributed by atoms with Gasteiger partial charge in [0.25, 0.3) is 5.91 Å². The zero-order valence-electron chi connectivity index (χ0n) is 14.9. The van der Waals surface area contributed by atoms with Crippen molar-refractivity contribution in [3.05, 3.63) is 82.2 Å². The molecule has 0 aliphatic rings. The van der Waals surface area contributed by atoms with Crippen LogP contribution in [0.4, 0.5) is 0 Å². The maximum absolute atomic E-state index is 13.0. The molecule has 0 fully saturated rings. The second-order valence-electron chi connectivity index (χ2n) is 5.92. The molecule has 0 radical (unpaired) electrons. The minimum atomic E-state index is -0.547. The van der Waals surface area contributed by atoms with E-state index in [0.29, 0.717) is 11.0 Å². The van der Waals surface area contributed by atoms with Crippen LogP contribution in [0.2, 0.25) is 0 Å². The van der Waals surface area contributed by atoms with Crippen molar-refractivity contribution < 1.29 is 18.7 Å². The van der Waals surface area contributed by atoms with Gasteiger partial charge in [0.2, 0.25) is 0 Å². The molecule has 0 unspecified atom stereocenters. The largest absolute Gasteiger partial charge is 0.465 e. The monoisotopic (exact) mass is 365 g/mol. The van der Waals surface area contributed by atoms with Crippen LogP contribution in [0.15, 0.2) is 69.9 Å². The fourth-order valence-electron chi connectivity index (χ4n) is 2.73. The summed E-state index contributed by atoms with van der Waals surface area (Å²) in [4.78, 5) is 38.5. The molecule has 138 valence electrons. The van der Waals surface area contributed by atoms with Crippen LogP contribution in [-0.4, -0.2) is 29.9 Å². The quantitative estimate of drug-likeness (QED) is 0.628. The van der Waals surface area contributed by atoms with Crippen molar-refractivity contribution in [3.8, 4) is 0 Å². The first-order valence-electron chi connectivity index (χ1n) is 8.60. The van der Waals surface area contributed by atoms with E-state index in [4.69, 9.17) is 9.15 Å². The summed E-state index contributed by atoms with van der Waals surface area (Å²) in [5, 5.41) is 0.397. The first-order valence-corrected chi connectivity index (χ1v) is 8.60. The molecule has 1 heterocycles. The van der Waals surface area contributed by atoms with Crippen LogP contribution in [0, 0.1) is 0 Å². The second-order valence-corrected chi connectivity index (χ2v) is 5.92. The van der Waals surface area contributed by atoms with E-state index in [1.807, 2.05) is 30.3 Å². The molecule has 0 aliphatic heterocycles. The van der Waals surface area contributed by atoms with Gasteiger partial charge in [0.15, 0.2) is 11.2 Å².